The largest absolute Gasteiger partial charge is 0.497 e. The fraction of sp³-hybridized carbons (Fsp3) is 0.400. The van der Waals surface area contributed by atoms with E-state index >= 15 is 0 Å². The minimum atomic E-state index is -0.813. The third-order valence-corrected chi connectivity index (χ3v) is 7.65. The average molecular weight is 677 g/mol. The van der Waals surface area contributed by atoms with Gasteiger partial charge in [-0.25, -0.2) is 19.5 Å². The molecule has 2 heterocycles. The van der Waals surface area contributed by atoms with Gasteiger partial charge in [-0.15, -0.1) is 0 Å². The van der Waals surface area contributed by atoms with Crippen molar-refractivity contribution >= 4 is 40.8 Å². The number of anilines is 1. The summed E-state index contributed by atoms with van der Waals surface area (Å²) in [6.07, 6.45) is 4.10. The lowest BCUT2D eigenvalue weighted by Crippen LogP contribution is -2.48. The van der Waals surface area contributed by atoms with Crippen LogP contribution in [0.2, 0.25) is 5.28 Å². The van der Waals surface area contributed by atoms with Crippen LogP contribution in [0.15, 0.2) is 67.0 Å². The fourth-order valence-corrected chi connectivity index (χ4v) is 5.51. The third-order valence-electron chi connectivity index (χ3n) is 7.48. The molecule has 2 aromatic heterocycles. The quantitative estimate of drug-likeness (QED) is 0.146. The first-order valence-electron chi connectivity index (χ1n) is 15.5. The van der Waals surface area contributed by atoms with Crippen molar-refractivity contribution in [1.82, 2.24) is 24.4 Å². The van der Waals surface area contributed by atoms with Crippen LogP contribution in [-0.4, -0.2) is 68.1 Å². The minimum absolute atomic E-state index is 0.0256. The van der Waals surface area contributed by atoms with Crippen molar-refractivity contribution < 1.29 is 28.5 Å². The van der Waals surface area contributed by atoms with Crippen LogP contribution in [-0.2, 0) is 9.47 Å². The molecule has 0 bridgehead atoms. The van der Waals surface area contributed by atoms with Gasteiger partial charge in [0, 0.05) is 0 Å². The molecule has 48 heavy (non-hydrogen) atoms. The number of carbonyl (C=O) groups is 2. The number of carbonyl (C=O) groups excluding carboxylic acids is 2. The van der Waals surface area contributed by atoms with Gasteiger partial charge in [-0.1, -0.05) is 36.4 Å². The van der Waals surface area contributed by atoms with Crippen molar-refractivity contribution in [2.75, 3.05) is 19.5 Å². The van der Waals surface area contributed by atoms with Gasteiger partial charge in [-0.05, 0) is 95.0 Å². The van der Waals surface area contributed by atoms with Crippen molar-refractivity contribution in [3.63, 3.8) is 0 Å². The van der Waals surface area contributed by atoms with Gasteiger partial charge in [0.1, 0.15) is 22.7 Å². The summed E-state index contributed by atoms with van der Waals surface area (Å²) in [6, 6.07) is 14.2. The molecule has 0 fully saturated rings. The van der Waals surface area contributed by atoms with E-state index in [1.165, 1.54) is 0 Å². The highest BCUT2D eigenvalue weighted by Crippen LogP contribution is 2.35. The molecule has 12 nitrogen and oxygen atoms in total. The molecular weight excluding hydrogens is 636 g/mol. The van der Waals surface area contributed by atoms with Crippen LogP contribution in [0.25, 0.3) is 11.2 Å². The number of hydrogen-bond acceptors (Lipinski definition) is 10. The summed E-state index contributed by atoms with van der Waals surface area (Å²) in [6.45, 7) is 10.5. The van der Waals surface area contributed by atoms with Crippen LogP contribution in [0.1, 0.15) is 71.2 Å². The molecule has 2 amide bonds. The fourth-order valence-electron chi connectivity index (χ4n) is 5.35. The summed E-state index contributed by atoms with van der Waals surface area (Å²) in [5.41, 5.74) is 1.26. The predicted molar refractivity (Wildman–Crippen MR) is 183 cm³/mol. The Hall–Kier alpha value is -4.84. The van der Waals surface area contributed by atoms with E-state index in [9.17, 15) is 9.59 Å². The lowest BCUT2D eigenvalue weighted by Gasteiger charge is -2.31. The number of methoxy groups -OCH3 is 2. The second kappa shape index (κ2) is 13.7. The van der Waals surface area contributed by atoms with Gasteiger partial charge in [-0.2, -0.15) is 9.97 Å². The third kappa shape index (κ3) is 7.99. The van der Waals surface area contributed by atoms with Crippen molar-refractivity contribution in [3.8, 4) is 11.5 Å². The van der Waals surface area contributed by atoms with Gasteiger partial charge < -0.3 is 28.8 Å². The number of benzene rings is 2. The van der Waals surface area contributed by atoms with E-state index in [4.69, 9.17) is 30.5 Å². The molecule has 2 atom stereocenters. The standard InChI is InChI=1S/C35H41ClN6O6/c1-34(2,3)47-32(43)42(33(44)48-35(4,5)6)24-14-13-23(19-24)41-20-37-28-29(39-31(36)40-30(28)41)38-27(21-9-15-25(45-7)16-10-21)22-11-17-26(46-8)18-12-22/h9-18,20,23-24,27H,19H2,1-8H3,(H,38,39,40)/t23-,24+/m0/s1. The van der Waals surface area contributed by atoms with Crippen molar-refractivity contribution in [3.05, 3.63) is 83.4 Å². The van der Waals surface area contributed by atoms with Gasteiger partial charge in [-0.3, -0.25) is 0 Å². The van der Waals surface area contributed by atoms with E-state index < -0.39 is 29.4 Å². The number of ether oxygens (including phenoxy) is 4. The Labute approximate surface area is 285 Å². The SMILES string of the molecule is COc1ccc(C(Nc2nc(Cl)nc3c2ncn3[C@H]2C=C[C@@H](N(C(=O)OC(C)(C)C)C(=O)OC(C)(C)C)C2)c2ccc(OC)cc2)cc1. The van der Waals surface area contributed by atoms with E-state index in [0.717, 1.165) is 27.5 Å². The summed E-state index contributed by atoms with van der Waals surface area (Å²) in [7, 11) is 3.25. The molecule has 2 aromatic carbocycles. The number of fused-ring (bicyclic) bond motifs is 1. The van der Waals surface area contributed by atoms with Crippen molar-refractivity contribution in [2.45, 2.75) is 77.3 Å². The lowest BCUT2D eigenvalue weighted by atomic mass is 9.98. The molecule has 254 valence electrons. The number of nitrogens with zero attached hydrogens (tertiary/aromatic N) is 5. The van der Waals surface area contributed by atoms with Gasteiger partial charge in [0.2, 0.25) is 5.28 Å². The normalized spacial score (nSPS) is 16.2. The van der Waals surface area contributed by atoms with Crippen LogP contribution in [0, 0.1) is 0 Å². The van der Waals surface area contributed by atoms with Crippen LogP contribution in [0.3, 0.4) is 0 Å². The zero-order valence-electron chi connectivity index (χ0n) is 28.4. The summed E-state index contributed by atoms with van der Waals surface area (Å²) in [5, 5.41) is 3.56. The molecule has 0 unspecified atom stereocenters. The molecule has 1 N–H and O–H groups in total. The zero-order chi connectivity index (χ0) is 34.8. The highest BCUT2D eigenvalue weighted by molar-refractivity contribution is 6.28. The van der Waals surface area contributed by atoms with Crippen molar-refractivity contribution in [2.24, 2.45) is 0 Å². The second-order valence-electron chi connectivity index (χ2n) is 13.4. The molecule has 0 saturated heterocycles. The molecule has 5 rings (SSSR count). The molecule has 4 aromatic rings. The molecule has 0 aliphatic heterocycles. The Bertz CT molecular complexity index is 1720. The minimum Gasteiger partial charge on any atom is -0.497 e. The Morgan fingerprint density at radius 1 is 0.854 bits per heavy atom. The van der Waals surface area contributed by atoms with Crippen LogP contribution >= 0.6 is 11.6 Å². The van der Waals surface area contributed by atoms with Gasteiger partial charge in [0.05, 0.1) is 38.7 Å². The Balaban J connectivity index is 1.46. The molecule has 13 heteroatoms. The summed E-state index contributed by atoms with van der Waals surface area (Å²) in [4.78, 5) is 41.3. The summed E-state index contributed by atoms with van der Waals surface area (Å²) >= 11 is 6.51. The number of imidazole rings is 1. The van der Waals surface area contributed by atoms with E-state index in [1.807, 2.05) is 59.2 Å². The van der Waals surface area contributed by atoms with Crippen molar-refractivity contribution in [1.29, 1.82) is 0 Å². The lowest BCUT2D eigenvalue weighted by molar-refractivity contribution is -0.00401. The maximum Gasteiger partial charge on any atom is 0.420 e. The van der Waals surface area contributed by atoms with E-state index in [0.29, 0.717) is 23.4 Å². The Morgan fingerprint density at radius 3 is 1.85 bits per heavy atom. The number of allylic oxidation sites excluding steroid dienone is 1. The summed E-state index contributed by atoms with van der Waals surface area (Å²) in [5.74, 6) is 1.90. The molecular formula is C35H41ClN6O6. The van der Waals surface area contributed by atoms with E-state index in [1.54, 1.807) is 68.2 Å². The van der Waals surface area contributed by atoms with E-state index in [2.05, 4.69) is 20.3 Å². The number of hydrogen-bond donors (Lipinski definition) is 1. The van der Waals surface area contributed by atoms with Gasteiger partial charge in [0.25, 0.3) is 0 Å². The van der Waals surface area contributed by atoms with E-state index in [-0.39, 0.29) is 17.4 Å². The van der Waals surface area contributed by atoms with Crippen LogP contribution in [0.5, 0.6) is 11.5 Å². The average Bonchev–Trinajstić information content (AvgIpc) is 3.65. The van der Waals surface area contributed by atoms with Gasteiger partial charge >= 0.3 is 12.2 Å². The first kappa shape index (κ1) is 34.5. The number of aromatic nitrogens is 4. The maximum absolute atomic E-state index is 13.3. The molecule has 0 spiro atoms. The number of rotatable bonds is 8. The smallest absolute Gasteiger partial charge is 0.420 e. The highest BCUT2D eigenvalue weighted by Gasteiger charge is 2.39. The number of amides is 2. The Kier molecular flexibility index (Phi) is 9.86. The number of imide groups is 1. The topological polar surface area (TPSA) is 130 Å². The second-order valence-corrected chi connectivity index (χ2v) is 13.7. The monoisotopic (exact) mass is 676 g/mol. The van der Waals surface area contributed by atoms with Crippen LogP contribution < -0.4 is 14.8 Å². The maximum atomic E-state index is 13.3. The first-order valence-corrected chi connectivity index (χ1v) is 15.9. The predicted octanol–water partition coefficient (Wildman–Crippen LogP) is 7.74. The molecule has 1 aliphatic carbocycles. The molecule has 0 saturated carbocycles. The molecule has 1 aliphatic rings. The number of halogens is 1. The number of nitrogens with one attached hydrogen (secondary N) is 1. The first-order chi connectivity index (χ1) is 22.7. The highest BCUT2D eigenvalue weighted by atomic mass is 35.5. The summed E-state index contributed by atoms with van der Waals surface area (Å²) < 4.78 is 23.8. The van der Waals surface area contributed by atoms with Gasteiger partial charge in [0.15, 0.2) is 17.0 Å². The molecule has 0 radical (unpaired) electrons. The van der Waals surface area contributed by atoms with Crippen LogP contribution in [0.4, 0.5) is 15.4 Å². The zero-order valence-corrected chi connectivity index (χ0v) is 29.1. The Morgan fingerprint density at radius 2 is 1.38 bits per heavy atom.